The molecule has 0 rings (SSSR count). The van der Waals surface area contributed by atoms with Gasteiger partial charge in [-0.25, -0.2) is 0 Å². The van der Waals surface area contributed by atoms with Crippen molar-refractivity contribution in [3.05, 3.63) is 6.92 Å². The molecule has 4 heteroatoms. The summed E-state index contributed by atoms with van der Waals surface area (Å²) in [5.41, 5.74) is 0. The number of hydrogen-bond donors (Lipinski definition) is 0. The van der Waals surface area contributed by atoms with Gasteiger partial charge in [0.15, 0.2) is 8.32 Å². The average molecular weight is 205 g/mol. The largest absolute Gasteiger partial charge is 2.00 e. The molecule has 0 saturated heterocycles. The standard InChI is InChI=1S/C7H17OSi.ClH.Mg/c1-6-9(4,5)8-7(2)3;;/h7H,1,6H2,2-5H3;1H;/q-1;;+2/p-1. The first kappa shape index (κ1) is 18.1. The van der Waals surface area contributed by atoms with Gasteiger partial charge in [-0.1, -0.05) is 0 Å². The van der Waals surface area contributed by atoms with Gasteiger partial charge < -0.3 is 23.8 Å². The summed E-state index contributed by atoms with van der Waals surface area (Å²) in [6.45, 7) is 12.4. The second-order valence-corrected chi connectivity index (χ2v) is 7.43. The molecule has 0 aromatic rings. The first-order valence-corrected chi connectivity index (χ1v) is 6.56. The van der Waals surface area contributed by atoms with Crippen molar-refractivity contribution >= 4 is 31.4 Å². The van der Waals surface area contributed by atoms with Crippen LogP contribution in [0.15, 0.2) is 0 Å². The third-order valence-corrected chi connectivity index (χ3v) is 3.47. The van der Waals surface area contributed by atoms with Crippen LogP contribution >= 0.6 is 0 Å². The Morgan fingerprint density at radius 1 is 1.36 bits per heavy atom. The fraction of sp³-hybridized carbons (Fsp3) is 0.857. The molecule has 64 valence electrons. The zero-order valence-electron chi connectivity index (χ0n) is 7.98. The third kappa shape index (κ3) is 11.2. The number of rotatable bonds is 3. The molecule has 0 aromatic carbocycles. The molecular formula is C7H17ClMgOSi. The fourth-order valence-electron chi connectivity index (χ4n) is 0.697. The fourth-order valence-corrected chi connectivity index (χ4v) is 2.09. The second kappa shape index (κ2) is 7.86. The predicted octanol–water partition coefficient (Wildman–Crippen LogP) is -0.926. The van der Waals surface area contributed by atoms with Crippen LogP contribution in [0, 0.1) is 6.92 Å². The van der Waals surface area contributed by atoms with Gasteiger partial charge in [0.25, 0.3) is 0 Å². The van der Waals surface area contributed by atoms with Crippen LogP contribution in [0.2, 0.25) is 19.1 Å². The second-order valence-electron chi connectivity index (χ2n) is 3.18. The molecule has 0 spiro atoms. The molecule has 0 aliphatic carbocycles. The molecule has 0 amide bonds. The van der Waals surface area contributed by atoms with E-state index in [4.69, 9.17) is 4.43 Å². The van der Waals surface area contributed by atoms with Crippen molar-refractivity contribution in [2.45, 2.75) is 39.1 Å². The smallest absolute Gasteiger partial charge is 1.00 e. The molecule has 0 fully saturated rings. The van der Waals surface area contributed by atoms with Crippen molar-refractivity contribution < 1.29 is 16.8 Å². The van der Waals surface area contributed by atoms with Gasteiger partial charge in [0.1, 0.15) is 0 Å². The van der Waals surface area contributed by atoms with Gasteiger partial charge in [-0.2, -0.15) is 6.04 Å². The van der Waals surface area contributed by atoms with Crippen LogP contribution in [-0.4, -0.2) is 37.5 Å². The van der Waals surface area contributed by atoms with Crippen LogP contribution in [0.25, 0.3) is 0 Å². The van der Waals surface area contributed by atoms with E-state index in [1.54, 1.807) is 0 Å². The zero-order valence-corrected chi connectivity index (χ0v) is 11.2. The average Bonchev–Trinajstić information content (AvgIpc) is 1.63. The van der Waals surface area contributed by atoms with Crippen molar-refractivity contribution in [2.75, 3.05) is 0 Å². The quantitative estimate of drug-likeness (QED) is 0.427. The summed E-state index contributed by atoms with van der Waals surface area (Å²) in [7, 11) is -1.35. The van der Waals surface area contributed by atoms with E-state index >= 15 is 0 Å². The van der Waals surface area contributed by atoms with Gasteiger partial charge >= 0.3 is 23.1 Å². The van der Waals surface area contributed by atoms with Crippen LogP contribution in [-0.2, 0) is 4.43 Å². The summed E-state index contributed by atoms with van der Waals surface area (Å²) in [6.07, 6.45) is 0.369. The Labute approximate surface area is 94.0 Å². The van der Waals surface area contributed by atoms with Gasteiger partial charge in [-0.15, -0.1) is 0 Å². The van der Waals surface area contributed by atoms with Crippen LogP contribution < -0.4 is 12.4 Å². The Bertz CT molecular complexity index is 88.5. The minimum absolute atomic E-state index is 0. The van der Waals surface area contributed by atoms with Gasteiger partial charge in [-0.05, 0) is 26.9 Å². The van der Waals surface area contributed by atoms with Crippen molar-refractivity contribution in [1.82, 2.24) is 0 Å². The molecule has 0 bridgehead atoms. The Balaban J connectivity index is -0.000000320. The molecule has 0 saturated carbocycles. The van der Waals surface area contributed by atoms with Crippen LogP contribution in [0.4, 0.5) is 0 Å². The van der Waals surface area contributed by atoms with E-state index in [-0.39, 0.29) is 35.5 Å². The van der Waals surface area contributed by atoms with Crippen molar-refractivity contribution in [1.29, 1.82) is 0 Å². The molecule has 0 radical (unpaired) electrons. The van der Waals surface area contributed by atoms with Gasteiger partial charge in [-0.3, -0.25) is 0 Å². The Morgan fingerprint density at radius 2 is 1.73 bits per heavy atom. The molecule has 0 N–H and O–H groups in total. The van der Waals surface area contributed by atoms with Gasteiger partial charge in [0.2, 0.25) is 0 Å². The summed E-state index contributed by atoms with van der Waals surface area (Å²) in [5.74, 6) is 0. The number of halogens is 1. The van der Waals surface area contributed by atoms with E-state index in [0.717, 1.165) is 6.04 Å². The van der Waals surface area contributed by atoms with Crippen molar-refractivity contribution in [3.8, 4) is 0 Å². The Morgan fingerprint density at radius 3 is 1.82 bits per heavy atom. The Hall–Kier alpha value is 1.23. The monoisotopic (exact) mass is 204 g/mol. The van der Waals surface area contributed by atoms with E-state index in [9.17, 15) is 0 Å². The zero-order chi connectivity index (χ0) is 7.49. The minimum atomic E-state index is -1.35. The molecular weight excluding hydrogens is 188 g/mol. The third-order valence-electron chi connectivity index (χ3n) is 1.16. The summed E-state index contributed by atoms with van der Waals surface area (Å²) in [4.78, 5) is 0. The SMILES string of the molecule is [CH2-]C[Si](C)(C)OC(C)C.[Cl-].[Mg+2]. The molecule has 0 aliphatic heterocycles. The van der Waals surface area contributed by atoms with Crippen LogP contribution in [0.3, 0.4) is 0 Å². The van der Waals surface area contributed by atoms with Gasteiger partial charge in [0, 0.05) is 6.10 Å². The van der Waals surface area contributed by atoms with E-state index in [1.165, 1.54) is 0 Å². The number of hydrogen-bond acceptors (Lipinski definition) is 1. The van der Waals surface area contributed by atoms with E-state index in [2.05, 4.69) is 33.9 Å². The molecule has 11 heavy (non-hydrogen) atoms. The maximum absolute atomic E-state index is 5.66. The normalized spacial score (nSPS) is 10.4. The maximum Gasteiger partial charge on any atom is 2.00 e. The summed E-state index contributed by atoms with van der Waals surface area (Å²) < 4.78 is 5.66. The predicted molar refractivity (Wildman–Crippen MR) is 49.6 cm³/mol. The molecule has 1 nitrogen and oxygen atoms in total. The van der Waals surface area contributed by atoms with Gasteiger partial charge in [0.05, 0.1) is 0 Å². The van der Waals surface area contributed by atoms with Crippen LogP contribution in [0.5, 0.6) is 0 Å². The van der Waals surface area contributed by atoms with E-state index in [1.807, 2.05) is 0 Å². The van der Waals surface area contributed by atoms with Crippen LogP contribution in [0.1, 0.15) is 13.8 Å². The maximum atomic E-state index is 5.66. The molecule has 0 heterocycles. The summed E-state index contributed by atoms with van der Waals surface area (Å²) in [5, 5.41) is 0. The Kier molecular flexibility index (Phi) is 12.9. The minimum Gasteiger partial charge on any atom is -1.00 e. The summed E-state index contributed by atoms with van der Waals surface area (Å²) >= 11 is 0. The molecule has 0 atom stereocenters. The molecule has 0 aliphatic rings. The van der Waals surface area contributed by atoms with E-state index in [0.29, 0.717) is 6.10 Å². The topological polar surface area (TPSA) is 9.23 Å². The molecule has 0 aromatic heterocycles. The first-order chi connectivity index (χ1) is 3.98. The van der Waals surface area contributed by atoms with Crippen molar-refractivity contribution in [3.63, 3.8) is 0 Å². The first-order valence-electron chi connectivity index (χ1n) is 3.45. The van der Waals surface area contributed by atoms with Crippen molar-refractivity contribution in [2.24, 2.45) is 0 Å². The molecule has 0 unspecified atom stereocenters. The van der Waals surface area contributed by atoms with E-state index < -0.39 is 8.32 Å². The summed E-state index contributed by atoms with van der Waals surface area (Å²) in [6, 6.07) is 0.963.